The summed E-state index contributed by atoms with van der Waals surface area (Å²) in [6.45, 7) is 0. The molecule has 202 valence electrons. The maximum Gasteiger partial charge on any atom is 0.145 e. The lowest BCUT2D eigenvalue weighted by atomic mass is 10.0. The van der Waals surface area contributed by atoms with Crippen LogP contribution in [0.25, 0.3) is 77.5 Å². The van der Waals surface area contributed by atoms with Crippen LogP contribution >= 0.6 is 11.3 Å². The number of fused-ring (bicyclic) bond motifs is 6. The zero-order chi connectivity index (χ0) is 28.3. The number of rotatable bonds is 4. The summed E-state index contributed by atoms with van der Waals surface area (Å²) >= 11 is 1.76. The standard InChI is InChI=1S/C39H25N3S/c1-2-14-30(15-3-1)42-35-19-7-6-18-34(35)40-39(42)29-13-8-11-27(22-29)28-12-9-16-31(23-28)41-36-21-20-26-10-4-5-17-32(26)38(36)33-24-43-25-37(33)41/h1-25H. The first-order valence-electron chi connectivity index (χ1n) is 14.5. The highest BCUT2D eigenvalue weighted by atomic mass is 32.1. The Morgan fingerprint density at radius 1 is 0.465 bits per heavy atom. The molecule has 0 fully saturated rings. The van der Waals surface area contributed by atoms with Crippen LogP contribution in [-0.4, -0.2) is 14.1 Å². The van der Waals surface area contributed by atoms with E-state index in [1.54, 1.807) is 11.3 Å². The smallest absolute Gasteiger partial charge is 0.145 e. The van der Waals surface area contributed by atoms with E-state index >= 15 is 0 Å². The Morgan fingerprint density at radius 2 is 1.21 bits per heavy atom. The normalized spacial score (nSPS) is 11.7. The van der Waals surface area contributed by atoms with Crippen LogP contribution in [-0.2, 0) is 0 Å². The van der Waals surface area contributed by atoms with Gasteiger partial charge in [-0.15, -0.1) is 11.3 Å². The Labute approximate surface area is 252 Å². The minimum atomic E-state index is 0.939. The van der Waals surface area contributed by atoms with Crippen LogP contribution in [0, 0.1) is 0 Å². The van der Waals surface area contributed by atoms with Gasteiger partial charge in [0.2, 0.25) is 0 Å². The molecule has 6 aromatic carbocycles. The summed E-state index contributed by atoms with van der Waals surface area (Å²) < 4.78 is 4.67. The number of imidazole rings is 1. The van der Waals surface area contributed by atoms with Gasteiger partial charge in [-0.2, -0.15) is 0 Å². The van der Waals surface area contributed by atoms with Crippen LogP contribution in [0.3, 0.4) is 0 Å². The van der Waals surface area contributed by atoms with Crippen molar-refractivity contribution < 1.29 is 0 Å². The molecule has 3 aromatic heterocycles. The summed E-state index contributed by atoms with van der Waals surface area (Å²) in [5.74, 6) is 0.939. The number of aromatic nitrogens is 3. The molecule has 0 aliphatic heterocycles. The maximum atomic E-state index is 5.10. The van der Waals surface area contributed by atoms with Gasteiger partial charge in [0.1, 0.15) is 5.82 Å². The fourth-order valence-electron chi connectivity index (χ4n) is 6.51. The Bertz CT molecular complexity index is 2460. The molecule has 3 heterocycles. The summed E-state index contributed by atoms with van der Waals surface area (Å²) in [4.78, 5) is 5.10. The van der Waals surface area contributed by atoms with Gasteiger partial charge in [0, 0.05) is 38.5 Å². The monoisotopic (exact) mass is 567 g/mol. The van der Waals surface area contributed by atoms with Crippen molar-refractivity contribution in [3.63, 3.8) is 0 Å². The van der Waals surface area contributed by atoms with Crippen molar-refractivity contribution in [1.82, 2.24) is 14.1 Å². The minimum absolute atomic E-state index is 0.939. The van der Waals surface area contributed by atoms with Gasteiger partial charge in [0.15, 0.2) is 0 Å². The SMILES string of the molecule is c1ccc(-n2c(-c3cccc(-c4cccc(-n5c6cscc6c6c7ccccc7ccc65)c4)c3)nc3ccccc32)cc1. The second kappa shape index (κ2) is 9.55. The molecule has 9 aromatic rings. The van der Waals surface area contributed by atoms with Crippen LogP contribution in [0.4, 0.5) is 0 Å². The second-order valence-corrected chi connectivity index (χ2v) is 11.7. The number of nitrogens with zero attached hydrogens (tertiary/aromatic N) is 3. The number of thiophene rings is 1. The van der Waals surface area contributed by atoms with Crippen molar-refractivity contribution in [2.75, 3.05) is 0 Å². The van der Waals surface area contributed by atoms with E-state index in [-0.39, 0.29) is 0 Å². The summed E-state index contributed by atoms with van der Waals surface area (Å²) in [5, 5.41) is 9.75. The highest BCUT2D eigenvalue weighted by Gasteiger charge is 2.17. The number of hydrogen-bond acceptors (Lipinski definition) is 2. The van der Waals surface area contributed by atoms with E-state index in [9.17, 15) is 0 Å². The molecule has 0 unspecified atom stereocenters. The first-order valence-corrected chi connectivity index (χ1v) is 15.4. The van der Waals surface area contributed by atoms with E-state index in [4.69, 9.17) is 4.98 Å². The molecular weight excluding hydrogens is 543 g/mol. The highest BCUT2D eigenvalue weighted by molar-refractivity contribution is 7.09. The fourth-order valence-corrected chi connectivity index (χ4v) is 7.31. The topological polar surface area (TPSA) is 22.8 Å². The Hall–Kier alpha value is -5.45. The molecule has 0 atom stereocenters. The summed E-state index contributed by atoms with van der Waals surface area (Å²) in [5.41, 5.74) is 10.3. The van der Waals surface area contributed by atoms with E-state index in [1.165, 1.54) is 38.1 Å². The maximum absolute atomic E-state index is 5.10. The lowest BCUT2D eigenvalue weighted by Crippen LogP contribution is -1.97. The van der Waals surface area contributed by atoms with Crippen molar-refractivity contribution in [1.29, 1.82) is 0 Å². The fraction of sp³-hybridized carbons (Fsp3) is 0. The molecule has 3 nitrogen and oxygen atoms in total. The van der Waals surface area contributed by atoms with Gasteiger partial charge in [-0.05, 0) is 70.4 Å². The molecule has 0 N–H and O–H groups in total. The van der Waals surface area contributed by atoms with Gasteiger partial charge < -0.3 is 4.57 Å². The lowest BCUT2D eigenvalue weighted by Gasteiger charge is -2.12. The molecule has 0 amide bonds. The lowest BCUT2D eigenvalue weighted by molar-refractivity contribution is 1.10. The number of benzene rings is 6. The zero-order valence-electron chi connectivity index (χ0n) is 23.2. The predicted molar refractivity (Wildman–Crippen MR) is 182 cm³/mol. The molecule has 4 heteroatoms. The van der Waals surface area contributed by atoms with Gasteiger partial charge in [0.05, 0.1) is 22.1 Å². The van der Waals surface area contributed by atoms with Crippen LogP contribution in [0.1, 0.15) is 0 Å². The van der Waals surface area contributed by atoms with Crippen LogP contribution < -0.4 is 0 Å². The molecule has 43 heavy (non-hydrogen) atoms. The van der Waals surface area contributed by atoms with Gasteiger partial charge in [-0.1, -0.05) is 91.0 Å². The summed E-state index contributed by atoms with van der Waals surface area (Å²) in [7, 11) is 0. The van der Waals surface area contributed by atoms with Crippen LogP contribution in [0.2, 0.25) is 0 Å². The predicted octanol–water partition coefficient (Wildman–Crippen LogP) is 10.7. The van der Waals surface area contributed by atoms with Crippen LogP contribution in [0.15, 0.2) is 150 Å². The third-order valence-corrected chi connectivity index (χ3v) is 9.16. The molecule has 0 bridgehead atoms. The van der Waals surface area contributed by atoms with Gasteiger partial charge in [-0.25, -0.2) is 4.98 Å². The molecule has 0 aliphatic carbocycles. The first kappa shape index (κ1) is 24.2. The Balaban J connectivity index is 1.21. The molecular formula is C39H25N3S. The van der Waals surface area contributed by atoms with Crippen molar-refractivity contribution in [3.05, 3.63) is 150 Å². The summed E-state index contributed by atoms with van der Waals surface area (Å²) in [6, 6.07) is 49.7. The van der Waals surface area contributed by atoms with E-state index in [0.29, 0.717) is 0 Å². The van der Waals surface area contributed by atoms with E-state index in [2.05, 4.69) is 159 Å². The highest BCUT2D eigenvalue weighted by Crippen LogP contribution is 2.39. The quantitative estimate of drug-likeness (QED) is 0.207. The first-order chi connectivity index (χ1) is 21.3. The molecule has 0 spiro atoms. The average molecular weight is 568 g/mol. The van der Waals surface area contributed by atoms with Gasteiger partial charge in [-0.3, -0.25) is 4.57 Å². The molecule has 9 rings (SSSR count). The van der Waals surface area contributed by atoms with Crippen LogP contribution in [0.5, 0.6) is 0 Å². The average Bonchev–Trinajstić information content (AvgIpc) is 3.78. The van der Waals surface area contributed by atoms with Crippen molar-refractivity contribution in [2.45, 2.75) is 0 Å². The van der Waals surface area contributed by atoms with E-state index < -0.39 is 0 Å². The zero-order valence-corrected chi connectivity index (χ0v) is 24.0. The molecule has 0 radical (unpaired) electrons. The third kappa shape index (κ3) is 3.77. The molecule has 0 aliphatic rings. The van der Waals surface area contributed by atoms with E-state index in [0.717, 1.165) is 39.4 Å². The minimum Gasteiger partial charge on any atom is -0.308 e. The van der Waals surface area contributed by atoms with Crippen molar-refractivity contribution >= 4 is 54.9 Å². The molecule has 0 saturated carbocycles. The third-order valence-electron chi connectivity index (χ3n) is 8.43. The van der Waals surface area contributed by atoms with E-state index in [1.807, 2.05) is 0 Å². The number of hydrogen-bond donors (Lipinski definition) is 0. The van der Waals surface area contributed by atoms with Gasteiger partial charge >= 0.3 is 0 Å². The Morgan fingerprint density at radius 3 is 2.14 bits per heavy atom. The molecule has 0 saturated heterocycles. The number of para-hydroxylation sites is 3. The van der Waals surface area contributed by atoms with Gasteiger partial charge in [0.25, 0.3) is 0 Å². The largest absolute Gasteiger partial charge is 0.308 e. The second-order valence-electron chi connectivity index (χ2n) is 10.9. The van der Waals surface area contributed by atoms with Crippen molar-refractivity contribution in [2.24, 2.45) is 0 Å². The van der Waals surface area contributed by atoms with Crippen molar-refractivity contribution in [3.8, 4) is 33.9 Å². The Kier molecular flexibility index (Phi) is 5.37. The summed E-state index contributed by atoms with van der Waals surface area (Å²) in [6.07, 6.45) is 0.